The standard InChI is InChI=1S/C12H14O4/c1-14-10-4-3-8-5-9(12(13)15-2)7-16-11(8)6-10/h3-4,6,9H,5,7H2,1-2H3. The Kier molecular flexibility index (Phi) is 2.99. The van der Waals surface area contributed by atoms with Crippen molar-refractivity contribution < 1.29 is 19.0 Å². The average molecular weight is 222 g/mol. The second-order valence-electron chi connectivity index (χ2n) is 3.71. The monoisotopic (exact) mass is 222 g/mol. The first-order valence-electron chi connectivity index (χ1n) is 5.12. The molecule has 0 bridgehead atoms. The van der Waals surface area contributed by atoms with Crippen molar-refractivity contribution in [2.24, 2.45) is 5.92 Å². The van der Waals surface area contributed by atoms with Gasteiger partial charge in [-0.3, -0.25) is 4.79 Å². The van der Waals surface area contributed by atoms with E-state index in [9.17, 15) is 4.79 Å². The summed E-state index contributed by atoms with van der Waals surface area (Å²) < 4.78 is 15.3. The maximum Gasteiger partial charge on any atom is 0.312 e. The molecule has 4 heteroatoms. The van der Waals surface area contributed by atoms with E-state index in [4.69, 9.17) is 14.2 Å². The van der Waals surface area contributed by atoms with Crippen LogP contribution in [-0.4, -0.2) is 26.8 Å². The van der Waals surface area contributed by atoms with Gasteiger partial charge in [0.1, 0.15) is 18.1 Å². The summed E-state index contributed by atoms with van der Waals surface area (Å²) in [6.07, 6.45) is 0.659. The normalized spacial score (nSPS) is 18.2. The zero-order valence-corrected chi connectivity index (χ0v) is 9.36. The van der Waals surface area contributed by atoms with Crippen LogP contribution in [0.15, 0.2) is 18.2 Å². The van der Waals surface area contributed by atoms with Gasteiger partial charge in [0.15, 0.2) is 0 Å². The first-order chi connectivity index (χ1) is 7.74. The lowest BCUT2D eigenvalue weighted by Crippen LogP contribution is -2.29. The van der Waals surface area contributed by atoms with Gasteiger partial charge in [0.25, 0.3) is 0 Å². The summed E-state index contributed by atoms with van der Waals surface area (Å²) in [6, 6.07) is 5.62. The molecule has 86 valence electrons. The Balaban J connectivity index is 2.18. The number of carbonyl (C=O) groups excluding carboxylic acids is 1. The SMILES string of the molecule is COC(=O)C1COc2cc(OC)ccc2C1. The van der Waals surface area contributed by atoms with Crippen LogP contribution in [-0.2, 0) is 16.0 Å². The molecule has 2 rings (SSSR count). The van der Waals surface area contributed by atoms with Crippen molar-refractivity contribution in [2.45, 2.75) is 6.42 Å². The van der Waals surface area contributed by atoms with Crippen LogP contribution in [0.25, 0.3) is 0 Å². The van der Waals surface area contributed by atoms with Crippen LogP contribution in [0.3, 0.4) is 0 Å². The molecule has 0 amide bonds. The lowest BCUT2D eigenvalue weighted by Gasteiger charge is -2.23. The van der Waals surface area contributed by atoms with E-state index in [1.807, 2.05) is 18.2 Å². The average Bonchev–Trinajstić information content (AvgIpc) is 2.36. The highest BCUT2D eigenvalue weighted by Crippen LogP contribution is 2.31. The summed E-state index contributed by atoms with van der Waals surface area (Å²) in [5.74, 6) is 1.13. The quantitative estimate of drug-likeness (QED) is 0.710. The first kappa shape index (κ1) is 10.8. The zero-order chi connectivity index (χ0) is 11.5. The molecule has 0 aliphatic carbocycles. The molecule has 0 aromatic heterocycles. The van der Waals surface area contributed by atoms with E-state index in [1.54, 1.807) is 7.11 Å². The van der Waals surface area contributed by atoms with E-state index >= 15 is 0 Å². The predicted octanol–water partition coefficient (Wildman–Crippen LogP) is 1.42. The minimum atomic E-state index is -0.221. The Hall–Kier alpha value is -1.71. The van der Waals surface area contributed by atoms with Gasteiger partial charge >= 0.3 is 5.97 Å². The Morgan fingerprint density at radius 2 is 2.25 bits per heavy atom. The van der Waals surface area contributed by atoms with E-state index in [-0.39, 0.29) is 11.9 Å². The molecule has 1 aromatic carbocycles. The smallest absolute Gasteiger partial charge is 0.312 e. The Morgan fingerprint density at radius 3 is 2.94 bits per heavy atom. The van der Waals surface area contributed by atoms with E-state index in [0.29, 0.717) is 13.0 Å². The molecule has 0 fully saturated rings. The van der Waals surface area contributed by atoms with Crippen molar-refractivity contribution in [3.63, 3.8) is 0 Å². The van der Waals surface area contributed by atoms with Gasteiger partial charge in [-0.2, -0.15) is 0 Å². The molecule has 1 aliphatic rings. The lowest BCUT2D eigenvalue weighted by molar-refractivity contribution is -0.146. The van der Waals surface area contributed by atoms with E-state index in [0.717, 1.165) is 17.1 Å². The number of esters is 1. The van der Waals surface area contributed by atoms with Gasteiger partial charge < -0.3 is 14.2 Å². The molecule has 0 spiro atoms. The Morgan fingerprint density at radius 1 is 1.44 bits per heavy atom. The summed E-state index contributed by atoms with van der Waals surface area (Å²) in [6.45, 7) is 0.368. The third kappa shape index (κ3) is 1.96. The van der Waals surface area contributed by atoms with Crippen molar-refractivity contribution >= 4 is 5.97 Å². The summed E-state index contributed by atoms with van der Waals surface area (Å²) in [5.41, 5.74) is 1.02. The number of ether oxygens (including phenoxy) is 3. The highest BCUT2D eigenvalue weighted by molar-refractivity contribution is 5.73. The zero-order valence-electron chi connectivity index (χ0n) is 9.36. The summed E-state index contributed by atoms with van der Waals surface area (Å²) in [4.78, 5) is 11.4. The minimum absolute atomic E-state index is 0.203. The Bertz CT molecular complexity index is 400. The number of hydrogen-bond acceptors (Lipinski definition) is 4. The van der Waals surface area contributed by atoms with Crippen molar-refractivity contribution in [2.75, 3.05) is 20.8 Å². The minimum Gasteiger partial charge on any atom is -0.497 e. The number of hydrogen-bond donors (Lipinski definition) is 0. The number of methoxy groups -OCH3 is 2. The number of fused-ring (bicyclic) bond motifs is 1. The highest BCUT2D eigenvalue weighted by atomic mass is 16.5. The second-order valence-corrected chi connectivity index (χ2v) is 3.71. The van der Waals surface area contributed by atoms with Crippen molar-refractivity contribution in [3.8, 4) is 11.5 Å². The molecule has 16 heavy (non-hydrogen) atoms. The predicted molar refractivity (Wildman–Crippen MR) is 57.7 cm³/mol. The van der Waals surface area contributed by atoms with Crippen LogP contribution in [0.5, 0.6) is 11.5 Å². The van der Waals surface area contributed by atoms with Gasteiger partial charge in [-0.25, -0.2) is 0 Å². The van der Waals surface area contributed by atoms with E-state index < -0.39 is 0 Å². The number of carbonyl (C=O) groups is 1. The van der Waals surface area contributed by atoms with Crippen LogP contribution in [0, 0.1) is 5.92 Å². The molecule has 1 heterocycles. The maximum atomic E-state index is 11.4. The Labute approximate surface area is 94.1 Å². The van der Waals surface area contributed by atoms with Gasteiger partial charge in [0, 0.05) is 6.07 Å². The highest BCUT2D eigenvalue weighted by Gasteiger charge is 2.26. The molecular weight excluding hydrogens is 208 g/mol. The maximum absolute atomic E-state index is 11.4. The van der Waals surface area contributed by atoms with Gasteiger partial charge in [-0.15, -0.1) is 0 Å². The van der Waals surface area contributed by atoms with Crippen LogP contribution < -0.4 is 9.47 Å². The molecule has 0 N–H and O–H groups in total. The molecule has 0 radical (unpaired) electrons. The fraction of sp³-hybridized carbons (Fsp3) is 0.417. The number of rotatable bonds is 2. The fourth-order valence-electron chi connectivity index (χ4n) is 1.80. The van der Waals surface area contributed by atoms with Crippen molar-refractivity contribution in [1.29, 1.82) is 0 Å². The van der Waals surface area contributed by atoms with E-state index in [2.05, 4.69) is 0 Å². The van der Waals surface area contributed by atoms with Gasteiger partial charge in [-0.05, 0) is 18.1 Å². The molecular formula is C12H14O4. The molecule has 0 saturated heterocycles. The largest absolute Gasteiger partial charge is 0.497 e. The third-order valence-electron chi connectivity index (χ3n) is 2.72. The van der Waals surface area contributed by atoms with Crippen LogP contribution in [0.1, 0.15) is 5.56 Å². The number of benzene rings is 1. The third-order valence-corrected chi connectivity index (χ3v) is 2.72. The van der Waals surface area contributed by atoms with Gasteiger partial charge in [-0.1, -0.05) is 6.07 Å². The van der Waals surface area contributed by atoms with Crippen LogP contribution >= 0.6 is 0 Å². The van der Waals surface area contributed by atoms with Crippen molar-refractivity contribution in [1.82, 2.24) is 0 Å². The first-order valence-corrected chi connectivity index (χ1v) is 5.12. The van der Waals surface area contributed by atoms with Gasteiger partial charge in [0.2, 0.25) is 0 Å². The van der Waals surface area contributed by atoms with Crippen LogP contribution in [0.4, 0.5) is 0 Å². The van der Waals surface area contributed by atoms with E-state index in [1.165, 1.54) is 7.11 Å². The fourth-order valence-corrected chi connectivity index (χ4v) is 1.80. The topological polar surface area (TPSA) is 44.8 Å². The summed E-state index contributed by atoms with van der Waals surface area (Å²) >= 11 is 0. The molecule has 1 aliphatic heterocycles. The van der Waals surface area contributed by atoms with Crippen LogP contribution in [0.2, 0.25) is 0 Å². The summed E-state index contributed by atoms with van der Waals surface area (Å²) in [7, 11) is 3.01. The molecule has 1 aromatic rings. The lowest BCUT2D eigenvalue weighted by atomic mass is 9.97. The second kappa shape index (κ2) is 4.43. The van der Waals surface area contributed by atoms with Crippen molar-refractivity contribution in [3.05, 3.63) is 23.8 Å². The summed E-state index contributed by atoms with van der Waals surface area (Å²) in [5, 5.41) is 0. The molecule has 4 nitrogen and oxygen atoms in total. The molecule has 1 unspecified atom stereocenters. The molecule has 0 saturated carbocycles. The van der Waals surface area contributed by atoms with Gasteiger partial charge in [0.05, 0.1) is 20.1 Å². The molecule has 1 atom stereocenters.